The smallest absolute Gasteiger partial charge is 0.257 e. The van der Waals surface area contributed by atoms with E-state index >= 15 is 0 Å². The largest absolute Gasteiger partial charge is 0.494 e. The number of amides is 1. The molecule has 6 heteroatoms. The lowest BCUT2D eigenvalue weighted by Gasteiger charge is -2.09. The van der Waals surface area contributed by atoms with Crippen LogP contribution in [0.4, 0.5) is 10.1 Å². The quantitative estimate of drug-likeness (QED) is 0.853. The maximum Gasteiger partial charge on any atom is 0.257 e. The summed E-state index contributed by atoms with van der Waals surface area (Å²) in [5.74, 6) is -0.794. The van der Waals surface area contributed by atoms with Crippen LogP contribution < -0.4 is 10.1 Å². The number of alkyl halides is 2. The van der Waals surface area contributed by atoms with Gasteiger partial charge in [-0.3, -0.25) is 4.79 Å². The summed E-state index contributed by atoms with van der Waals surface area (Å²) in [6, 6.07) is 11.6. The van der Waals surface area contributed by atoms with E-state index in [4.69, 9.17) is 27.9 Å². The van der Waals surface area contributed by atoms with Crippen molar-refractivity contribution in [2.75, 3.05) is 12.4 Å². The van der Waals surface area contributed by atoms with Crippen molar-refractivity contribution >= 4 is 34.8 Å². The van der Waals surface area contributed by atoms with Gasteiger partial charge in [-0.25, -0.2) is 4.39 Å². The van der Waals surface area contributed by atoms with Crippen LogP contribution in [0.1, 0.15) is 0 Å². The summed E-state index contributed by atoms with van der Waals surface area (Å²) in [6.07, 6.45) is 0. The predicted molar refractivity (Wildman–Crippen MR) is 82.5 cm³/mol. The van der Waals surface area contributed by atoms with Crippen LogP contribution >= 0.6 is 23.2 Å². The van der Waals surface area contributed by atoms with E-state index in [1.54, 1.807) is 36.4 Å². The van der Waals surface area contributed by atoms with Gasteiger partial charge in [0.15, 0.2) is 16.4 Å². The molecule has 0 aliphatic heterocycles. The summed E-state index contributed by atoms with van der Waals surface area (Å²) in [4.78, 5) is 10.3. The highest BCUT2D eigenvalue weighted by Crippen LogP contribution is 2.27. The van der Waals surface area contributed by atoms with E-state index < -0.39 is 16.6 Å². The van der Waals surface area contributed by atoms with Crippen LogP contribution in [0.2, 0.25) is 0 Å². The third-order valence-corrected chi connectivity index (χ3v) is 3.21. The fourth-order valence-corrected chi connectivity index (χ4v) is 1.93. The molecule has 2 aromatic carbocycles. The molecule has 0 aliphatic rings. The van der Waals surface area contributed by atoms with Crippen LogP contribution in [0, 0.1) is 5.82 Å². The maximum atomic E-state index is 13.7. The topological polar surface area (TPSA) is 38.3 Å². The zero-order valence-corrected chi connectivity index (χ0v) is 12.6. The van der Waals surface area contributed by atoms with Crippen molar-refractivity contribution in [2.45, 2.75) is 4.84 Å². The predicted octanol–water partition coefficient (Wildman–Crippen LogP) is 4.24. The first-order valence-electron chi connectivity index (χ1n) is 6.04. The number of methoxy groups -OCH3 is 1. The first kappa shape index (κ1) is 15.6. The van der Waals surface area contributed by atoms with E-state index in [1.807, 2.05) is 0 Å². The second kappa shape index (κ2) is 6.78. The van der Waals surface area contributed by atoms with Crippen molar-refractivity contribution in [3.8, 4) is 16.9 Å². The normalized spacial score (nSPS) is 10.5. The molecular formula is C15H12Cl2FNO2. The molecule has 0 fully saturated rings. The number of anilines is 1. The molecule has 0 saturated carbocycles. The number of hydrogen-bond acceptors (Lipinski definition) is 2. The Labute approximate surface area is 131 Å². The summed E-state index contributed by atoms with van der Waals surface area (Å²) in [6.45, 7) is 0. The second-order valence-electron chi connectivity index (χ2n) is 4.22. The van der Waals surface area contributed by atoms with Crippen molar-refractivity contribution in [1.82, 2.24) is 0 Å². The Morgan fingerprint density at radius 2 is 1.90 bits per heavy atom. The number of benzene rings is 2. The molecule has 0 spiro atoms. The van der Waals surface area contributed by atoms with Gasteiger partial charge in [-0.2, -0.15) is 0 Å². The second-order valence-corrected chi connectivity index (χ2v) is 5.32. The number of carbonyl (C=O) groups excluding carboxylic acids is 1. The lowest BCUT2D eigenvalue weighted by Crippen LogP contribution is -2.18. The highest BCUT2D eigenvalue weighted by atomic mass is 35.5. The van der Waals surface area contributed by atoms with E-state index in [2.05, 4.69) is 5.32 Å². The molecule has 0 saturated heterocycles. The van der Waals surface area contributed by atoms with Crippen molar-refractivity contribution in [3.63, 3.8) is 0 Å². The molecule has 110 valence electrons. The molecule has 0 aliphatic carbocycles. The summed E-state index contributed by atoms with van der Waals surface area (Å²) in [5.41, 5.74) is 1.94. The number of carbonyl (C=O) groups is 1. The van der Waals surface area contributed by atoms with E-state index in [1.165, 1.54) is 13.2 Å². The number of ether oxygens (including phenoxy) is 1. The minimum absolute atomic E-state index is 0.176. The molecule has 2 rings (SSSR count). The fraction of sp³-hybridized carbons (Fsp3) is 0.133. The zero-order chi connectivity index (χ0) is 15.4. The molecule has 0 heterocycles. The molecule has 21 heavy (non-hydrogen) atoms. The molecule has 0 bridgehead atoms. The van der Waals surface area contributed by atoms with Crippen LogP contribution in [0.25, 0.3) is 11.1 Å². The number of hydrogen-bond donors (Lipinski definition) is 1. The highest BCUT2D eigenvalue weighted by molar-refractivity contribution is 6.54. The maximum absolute atomic E-state index is 13.7. The molecule has 3 nitrogen and oxygen atoms in total. The van der Waals surface area contributed by atoms with Gasteiger partial charge in [-0.05, 0) is 35.4 Å². The van der Waals surface area contributed by atoms with E-state index in [-0.39, 0.29) is 5.75 Å². The van der Waals surface area contributed by atoms with Gasteiger partial charge in [-0.1, -0.05) is 41.4 Å². The Balaban J connectivity index is 2.28. The first-order chi connectivity index (χ1) is 10.0. The fourth-order valence-electron chi connectivity index (χ4n) is 1.82. The van der Waals surface area contributed by atoms with Gasteiger partial charge in [0.2, 0.25) is 0 Å². The average Bonchev–Trinajstić information content (AvgIpc) is 2.47. The Morgan fingerprint density at radius 3 is 2.52 bits per heavy atom. The molecule has 0 aromatic heterocycles. The molecule has 2 aromatic rings. The van der Waals surface area contributed by atoms with Crippen molar-refractivity contribution in [2.24, 2.45) is 0 Å². The van der Waals surface area contributed by atoms with Crippen LogP contribution in [0.5, 0.6) is 5.75 Å². The lowest BCUT2D eigenvalue weighted by molar-refractivity contribution is -0.114. The zero-order valence-electron chi connectivity index (χ0n) is 11.1. The lowest BCUT2D eigenvalue weighted by atomic mass is 10.0. The van der Waals surface area contributed by atoms with Crippen molar-refractivity contribution in [1.29, 1.82) is 0 Å². The van der Waals surface area contributed by atoms with Crippen LogP contribution in [0.3, 0.4) is 0 Å². The Bertz CT molecular complexity index is 662. The van der Waals surface area contributed by atoms with Gasteiger partial charge >= 0.3 is 0 Å². The van der Waals surface area contributed by atoms with Gasteiger partial charge in [0.1, 0.15) is 0 Å². The van der Waals surface area contributed by atoms with Crippen LogP contribution in [0.15, 0.2) is 42.5 Å². The Hall–Kier alpha value is -1.78. The Morgan fingerprint density at radius 1 is 1.19 bits per heavy atom. The first-order valence-corrected chi connectivity index (χ1v) is 6.91. The summed E-state index contributed by atoms with van der Waals surface area (Å²) in [5, 5.41) is 2.57. The summed E-state index contributed by atoms with van der Waals surface area (Å²) < 4.78 is 18.6. The van der Waals surface area contributed by atoms with Gasteiger partial charge < -0.3 is 10.1 Å². The Kier molecular flexibility index (Phi) is 5.04. The SMILES string of the molecule is COc1ccc(-c2cccc(NC(=O)C(Cl)Cl)c2)cc1F. The molecule has 1 N–H and O–H groups in total. The molecule has 1 amide bonds. The van der Waals surface area contributed by atoms with E-state index in [0.717, 1.165) is 5.56 Å². The summed E-state index contributed by atoms with van der Waals surface area (Å²) in [7, 11) is 1.41. The van der Waals surface area contributed by atoms with E-state index in [0.29, 0.717) is 11.3 Å². The minimum atomic E-state index is -1.15. The third kappa shape index (κ3) is 3.86. The standard InChI is InChI=1S/C15H12Cl2FNO2/c1-21-13-6-5-10(8-12(13)18)9-3-2-4-11(7-9)19-15(20)14(16)17/h2-8,14H,1H3,(H,19,20). The van der Waals surface area contributed by atoms with Gasteiger partial charge in [0.25, 0.3) is 5.91 Å². The number of halogens is 3. The van der Waals surface area contributed by atoms with Crippen LogP contribution in [-0.2, 0) is 4.79 Å². The number of nitrogens with one attached hydrogen (secondary N) is 1. The van der Waals surface area contributed by atoms with Crippen LogP contribution in [-0.4, -0.2) is 17.9 Å². The van der Waals surface area contributed by atoms with Gasteiger partial charge in [0.05, 0.1) is 7.11 Å². The van der Waals surface area contributed by atoms with E-state index in [9.17, 15) is 9.18 Å². The monoisotopic (exact) mass is 327 g/mol. The molecular weight excluding hydrogens is 316 g/mol. The van der Waals surface area contributed by atoms with Crippen molar-refractivity contribution < 1.29 is 13.9 Å². The third-order valence-electron chi connectivity index (χ3n) is 2.81. The molecule has 0 radical (unpaired) electrons. The summed E-state index contributed by atoms with van der Waals surface area (Å²) >= 11 is 11.0. The van der Waals surface area contributed by atoms with Gasteiger partial charge in [0, 0.05) is 5.69 Å². The average molecular weight is 328 g/mol. The highest BCUT2D eigenvalue weighted by Gasteiger charge is 2.12. The molecule has 0 unspecified atom stereocenters. The van der Waals surface area contributed by atoms with Crippen molar-refractivity contribution in [3.05, 3.63) is 48.3 Å². The number of rotatable bonds is 4. The minimum Gasteiger partial charge on any atom is -0.494 e. The van der Waals surface area contributed by atoms with Gasteiger partial charge in [-0.15, -0.1) is 0 Å². The molecule has 0 atom stereocenters.